The summed E-state index contributed by atoms with van der Waals surface area (Å²) in [5, 5.41) is 0. The molecule has 0 atom stereocenters. The van der Waals surface area contributed by atoms with Crippen molar-refractivity contribution in [2.24, 2.45) is 0 Å². The first kappa shape index (κ1) is 9.74. The first-order valence-corrected chi connectivity index (χ1v) is 4.46. The highest BCUT2D eigenvalue weighted by Gasteiger charge is 1.94. The van der Waals surface area contributed by atoms with Gasteiger partial charge in [-0.3, -0.25) is 0 Å². The zero-order chi connectivity index (χ0) is 7.82. The Balaban J connectivity index is 0.000000180. The van der Waals surface area contributed by atoms with Crippen LogP contribution in [0, 0.1) is 0 Å². The van der Waals surface area contributed by atoms with Crippen molar-refractivity contribution >= 4 is 0 Å². The Morgan fingerprint density at radius 3 is 2.00 bits per heavy atom. The molecule has 60 valence electrons. The third kappa shape index (κ3) is 5.87. The van der Waals surface area contributed by atoms with Gasteiger partial charge in [0.15, 0.2) is 0 Å². The molecule has 0 spiro atoms. The molecule has 1 rings (SSSR count). The highest BCUT2D eigenvalue weighted by Crippen LogP contribution is 2.15. The zero-order valence-corrected chi connectivity index (χ0v) is 7.61. The Morgan fingerprint density at radius 1 is 1.30 bits per heavy atom. The van der Waals surface area contributed by atoms with Crippen LogP contribution in [0.4, 0.5) is 0 Å². The van der Waals surface area contributed by atoms with Crippen LogP contribution in [0.2, 0.25) is 0 Å². The summed E-state index contributed by atoms with van der Waals surface area (Å²) in [4.78, 5) is 0. The summed E-state index contributed by atoms with van der Waals surface area (Å²) in [5.74, 6) is 0. The third-order valence-electron chi connectivity index (χ3n) is 1.77. The van der Waals surface area contributed by atoms with Crippen LogP contribution in [0.3, 0.4) is 0 Å². The van der Waals surface area contributed by atoms with Crippen LogP contribution in [0.15, 0.2) is 11.6 Å². The largest absolute Gasteiger partial charge is 0.0856 e. The normalized spacial score (nSPS) is 15.7. The first-order valence-electron chi connectivity index (χ1n) is 4.46. The molecule has 0 aromatic carbocycles. The number of unbranched alkanes of at least 4 members (excludes halogenated alkanes) is 1. The number of hydrogen-bond donors (Lipinski definition) is 0. The van der Waals surface area contributed by atoms with Crippen LogP contribution in [-0.2, 0) is 0 Å². The van der Waals surface area contributed by atoms with E-state index in [1.807, 2.05) is 0 Å². The molecular formula is C10H20. The standard InChI is InChI=1S/C6H10.C4H10/c1-6-4-2-3-5-6;1-3-4-2/h4H,2-3,5H2,1H3;3-4H2,1-2H3. The van der Waals surface area contributed by atoms with Gasteiger partial charge in [-0.15, -0.1) is 0 Å². The molecule has 0 amide bonds. The average Bonchev–Trinajstić information content (AvgIpc) is 2.40. The van der Waals surface area contributed by atoms with Crippen LogP contribution in [-0.4, -0.2) is 0 Å². The lowest BCUT2D eigenvalue weighted by Gasteiger charge is -1.79. The van der Waals surface area contributed by atoms with E-state index >= 15 is 0 Å². The second kappa shape index (κ2) is 6.85. The lowest BCUT2D eigenvalue weighted by molar-refractivity contribution is 0.886. The minimum atomic E-state index is 1.32. The fourth-order valence-electron chi connectivity index (χ4n) is 0.831. The first-order chi connectivity index (χ1) is 4.81. The molecule has 0 N–H and O–H groups in total. The van der Waals surface area contributed by atoms with Gasteiger partial charge in [-0.2, -0.15) is 0 Å². The van der Waals surface area contributed by atoms with Crippen molar-refractivity contribution < 1.29 is 0 Å². The average molecular weight is 140 g/mol. The van der Waals surface area contributed by atoms with E-state index in [1.54, 1.807) is 5.57 Å². The Labute approximate surface area is 65.3 Å². The van der Waals surface area contributed by atoms with Gasteiger partial charge < -0.3 is 0 Å². The van der Waals surface area contributed by atoms with E-state index < -0.39 is 0 Å². The van der Waals surface area contributed by atoms with E-state index in [1.165, 1.54) is 32.1 Å². The van der Waals surface area contributed by atoms with Crippen molar-refractivity contribution in [3.8, 4) is 0 Å². The van der Waals surface area contributed by atoms with E-state index in [0.717, 1.165) is 0 Å². The van der Waals surface area contributed by atoms with E-state index in [-0.39, 0.29) is 0 Å². The van der Waals surface area contributed by atoms with Gasteiger partial charge in [-0.25, -0.2) is 0 Å². The van der Waals surface area contributed by atoms with Crippen molar-refractivity contribution in [2.75, 3.05) is 0 Å². The SMILES string of the molecule is CC1=CCCC1.CCCC. The summed E-state index contributed by atoms with van der Waals surface area (Å²) < 4.78 is 0. The predicted molar refractivity (Wildman–Crippen MR) is 48.2 cm³/mol. The Bertz CT molecular complexity index is 88.2. The molecule has 0 aromatic heterocycles. The van der Waals surface area contributed by atoms with Crippen LogP contribution >= 0.6 is 0 Å². The van der Waals surface area contributed by atoms with Gasteiger partial charge in [-0.1, -0.05) is 38.3 Å². The molecule has 0 aliphatic heterocycles. The molecule has 0 heteroatoms. The topological polar surface area (TPSA) is 0 Å². The summed E-state index contributed by atoms with van der Waals surface area (Å²) in [6.07, 6.45) is 9.03. The summed E-state index contributed by atoms with van der Waals surface area (Å²) in [7, 11) is 0. The van der Waals surface area contributed by atoms with Gasteiger partial charge >= 0.3 is 0 Å². The molecule has 0 fully saturated rings. The Kier molecular flexibility index (Phi) is 6.68. The molecule has 10 heavy (non-hydrogen) atoms. The second-order valence-corrected chi connectivity index (χ2v) is 2.94. The summed E-state index contributed by atoms with van der Waals surface area (Å²) in [5.41, 5.74) is 1.58. The molecule has 0 unspecified atom stereocenters. The number of rotatable bonds is 1. The van der Waals surface area contributed by atoms with Gasteiger partial charge in [0, 0.05) is 0 Å². The maximum atomic E-state index is 2.32. The minimum absolute atomic E-state index is 1.32. The van der Waals surface area contributed by atoms with Crippen molar-refractivity contribution in [3.63, 3.8) is 0 Å². The smallest absolute Gasteiger partial charge is 0.0320 e. The van der Waals surface area contributed by atoms with Crippen LogP contribution in [0.5, 0.6) is 0 Å². The van der Waals surface area contributed by atoms with Gasteiger partial charge in [0.05, 0.1) is 0 Å². The fourth-order valence-corrected chi connectivity index (χ4v) is 0.831. The van der Waals surface area contributed by atoms with Crippen molar-refractivity contribution in [1.82, 2.24) is 0 Å². The molecule has 0 radical (unpaired) electrons. The van der Waals surface area contributed by atoms with Gasteiger partial charge in [-0.05, 0) is 26.2 Å². The summed E-state index contributed by atoms with van der Waals surface area (Å²) in [6, 6.07) is 0. The lowest BCUT2D eigenvalue weighted by Crippen LogP contribution is -1.59. The van der Waals surface area contributed by atoms with Gasteiger partial charge in [0.2, 0.25) is 0 Å². The maximum absolute atomic E-state index is 2.32. The van der Waals surface area contributed by atoms with Gasteiger partial charge in [0.25, 0.3) is 0 Å². The minimum Gasteiger partial charge on any atom is -0.0856 e. The molecular weight excluding hydrogens is 120 g/mol. The van der Waals surface area contributed by atoms with Gasteiger partial charge in [0.1, 0.15) is 0 Å². The summed E-state index contributed by atoms with van der Waals surface area (Å²) >= 11 is 0. The van der Waals surface area contributed by atoms with Crippen LogP contribution in [0.25, 0.3) is 0 Å². The molecule has 0 nitrogen and oxygen atoms in total. The summed E-state index contributed by atoms with van der Waals surface area (Å²) in [6.45, 7) is 6.56. The van der Waals surface area contributed by atoms with E-state index in [4.69, 9.17) is 0 Å². The molecule has 0 saturated heterocycles. The van der Waals surface area contributed by atoms with E-state index in [9.17, 15) is 0 Å². The highest BCUT2D eigenvalue weighted by molar-refractivity contribution is 5.02. The molecule has 1 aliphatic rings. The third-order valence-corrected chi connectivity index (χ3v) is 1.77. The predicted octanol–water partition coefficient (Wildman–Crippen LogP) is 3.92. The molecule has 0 saturated carbocycles. The van der Waals surface area contributed by atoms with E-state index in [0.29, 0.717) is 0 Å². The lowest BCUT2D eigenvalue weighted by atomic mass is 10.3. The fraction of sp³-hybridized carbons (Fsp3) is 0.800. The molecule has 0 heterocycles. The van der Waals surface area contributed by atoms with Crippen LogP contribution < -0.4 is 0 Å². The van der Waals surface area contributed by atoms with Crippen molar-refractivity contribution in [3.05, 3.63) is 11.6 Å². The van der Waals surface area contributed by atoms with E-state index in [2.05, 4.69) is 26.8 Å². The molecule has 0 bridgehead atoms. The molecule has 1 aliphatic carbocycles. The Hall–Kier alpha value is -0.260. The molecule has 0 aromatic rings. The van der Waals surface area contributed by atoms with Crippen molar-refractivity contribution in [1.29, 1.82) is 0 Å². The quantitative estimate of drug-likeness (QED) is 0.484. The monoisotopic (exact) mass is 140 g/mol. The zero-order valence-electron chi connectivity index (χ0n) is 7.61. The Morgan fingerprint density at radius 2 is 1.90 bits per heavy atom. The maximum Gasteiger partial charge on any atom is -0.0320 e. The van der Waals surface area contributed by atoms with Crippen LogP contribution in [0.1, 0.15) is 52.9 Å². The number of allylic oxidation sites excluding steroid dienone is 2. The highest BCUT2D eigenvalue weighted by atomic mass is 14.0. The number of hydrogen-bond acceptors (Lipinski definition) is 0. The van der Waals surface area contributed by atoms with Crippen molar-refractivity contribution in [2.45, 2.75) is 52.9 Å². The second-order valence-electron chi connectivity index (χ2n) is 2.94.